The van der Waals surface area contributed by atoms with Crippen LogP contribution in [-0.4, -0.2) is 14.4 Å². The van der Waals surface area contributed by atoms with Crippen molar-refractivity contribution < 1.29 is 9.85 Å². The van der Waals surface area contributed by atoms with Crippen LogP contribution in [0.2, 0.25) is 0 Å². The first-order valence-electron chi connectivity index (χ1n) is 10.1. The maximum Gasteiger partial charge on any atom is 0.270 e. The third-order valence-electron chi connectivity index (χ3n) is 6.22. The molecule has 0 unspecified atom stereocenters. The van der Waals surface area contributed by atoms with Gasteiger partial charge in [-0.2, -0.15) is 0 Å². The maximum absolute atomic E-state index is 11.4. The molecule has 0 N–H and O–H groups in total. The largest absolute Gasteiger partial charge is 0.309 e. The monoisotopic (exact) mass is 421 g/mol. The van der Waals surface area contributed by atoms with Crippen molar-refractivity contribution >= 4 is 33.2 Å². The summed E-state index contributed by atoms with van der Waals surface area (Å²) in [5.74, 6) is 0. The van der Waals surface area contributed by atoms with Gasteiger partial charge in [0.15, 0.2) is 0 Å². The summed E-state index contributed by atoms with van der Waals surface area (Å²) in [5, 5.41) is 24.0. The van der Waals surface area contributed by atoms with Crippen molar-refractivity contribution in [3.63, 3.8) is 0 Å². The molecule has 0 aliphatic heterocycles. The van der Waals surface area contributed by atoms with Gasteiger partial charge in [0.2, 0.25) is 0 Å². The van der Waals surface area contributed by atoms with E-state index in [0.717, 1.165) is 28.7 Å². The van der Waals surface area contributed by atoms with Gasteiger partial charge < -0.3 is 4.57 Å². The average Bonchev–Trinajstić information content (AvgIpc) is 3.34. The quantitative estimate of drug-likeness (QED) is 0.252. The number of nitro benzene ring substituents is 2. The Morgan fingerprint density at radius 1 is 0.688 bits per heavy atom. The molecule has 0 spiro atoms. The fourth-order valence-electron chi connectivity index (χ4n) is 4.84. The highest BCUT2D eigenvalue weighted by atomic mass is 16.6. The van der Waals surface area contributed by atoms with Gasteiger partial charge in [0.05, 0.1) is 26.6 Å². The number of nitro groups is 2. The average molecular weight is 421 g/mol. The van der Waals surface area contributed by atoms with Crippen LogP contribution in [0.5, 0.6) is 0 Å². The number of nitrogens with zero attached hydrogens (tertiary/aromatic N) is 3. The van der Waals surface area contributed by atoms with Crippen molar-refractivity contribution in [3.05, 3.63) is 110 Å². The van der Waals surface area contributed by atoms with Crippen LogP contribution in [0.15, 0.2) is 78.9 Å². The lowest BCUT2D eigenvalue weighted by Gasteiger charge is -2.13. The Bertz CT molecular complexity index is 1550. The molecular weight excluding hydrogens is 406 g/mol. The van der Waals surface area contributed by atoms with Gasteiger partial charge in [-0.05, 0) is 40.5 Å². The maximum atomic E-state index is 11.4. The van der Waals surface area contributed by atoms with E-state index in [0.29, 0.717) is 10.8 Å². The summed E-state index contributed by atoms with van der Waals surface area (Å²) < 4.78 is 2.06. The highest BCUT2D eigenvalue weighted by Crippen LogP contribution is 2.42. The Hall–Kier alpha value is -4.52. The summed E-state index contributed by atoms with van der Waals surface area (Å²) in [6.07, 6.45) is 0.781. The van der Waals surface area contributed by atoms with Crippen LogP contribution in [0, 0.1) is 20.2 Å². The van der Waals surface area contributed by atoms with Gasteiger partial charge >= 0.3 is 0 Å². The van der Waals surface area contributed by atoms with E-state index in [9.17, 15) is 20.2 Å². The second kappa shape index (κ2) is 6.49. The molecule has 0 amide bonds. The van der Waals surface area contributed by atoms with Crippen LogP contribution >= 0.6 is 0 Å². The Labute approximate surface area is 181 Å². The number of aromatic nitrogens is 1. The third-order valence-corrected chi connectivity index (χ3v) is 6.22. The normalized spacial score (nSPS) is 12.1. The van der Waals surface area contributed by atoms with Gasteiger partial charge in [0.1, 0.15) is 0 Å². The number of rotatable bonds is 3. The summed E-state index contributed by atoms with van der Waals surface area (Å²) in [6.45, 7) is 0. The van der Waals surface area contributed by atoms with E-state index in [1.165, 1.54) is 41.0 Å². The van der Waals surface area contributed by atoms with Gasteiger partial charge in [0, 0.05) is 41.5 Å². The van der Waals surface area contributed by atoms with Crippen LogP contribution in [0.3, 0.4) is 0 Å². The highest BCUT2D eigenvalue weighted by Gasteiger charge is 2.24. The van der Waals surface area contributed by atoms with Gasteiger partial charge in [-0.15, -0.1) is 0 Å². The minimum absolute atomic E-state index is 0.0475. The third kappa shape index (κ3) is 2.48. The van der Waals surface area contributed by atoms with Crippen LogP contribution in [0.1, 0.15) is 11.1 Å². The van der Waals surface area contributed by atoms with Gasteiger partial charge in [-0.3, -0.25) is 20.2 Å². The zero-order valence-electron chi connectivity index (χ0n) is 16.7. The molecule has 1 aliphatic carbocycles. The number of benzene rings is 4. The first kappa shape index (κ1) is 18.3. The summed E-state index contributed by atoms with van der Waals surface area (Å²) >= 11 is 0. The molecular formula is C25H15N3O4. The van der Waals surface area contributed by atoms with Crippen molar-refractivity contribution in [3.8, 4) is 16.8 Å². The molecule has 5 aromatic rings. The molecule has 0 radical (unpaired) electrons. The smallest absolute Gasteiger partial charge is 0.270 e. The molecule has 0 fully saturated rings. The van der Waals surface area contributed by atoms with Crippen molar-refractivity contribution in [2.75, 3.05) is 0 Å². The molecule has 0 saturated carbocycles. The lowest BCUT2D eigenvalue weighted by atomic mass is 10.0. The molecule has 1 aromatic heterocycles. The SMILES string of the molecule is O=[N+]([O-])c1ccc2c(c1)c1cc([N+](=O)[O-])ccc1n2-c1cccc2c1Cc1ccccc1-2. The number of hydrogen-bond donors (Lipinski definition) is 0. The zero-order chi connectivity index (χ0) is 22.0. The number of non-ortho nitro benzene ring substituents is 2. The first-order valence-corrected chi connectivity index (χ1v) is 10.1. The Balaban J connectivity index is 1.71. The van der Waals surface area contributed by atoms with E-state index in [1.807, 2.05) is 24.3 Å². The van der Waals surface area contributed by atoms with E-state index < -0.39 is 9.85 Å². The van der Waals surface area contributed by atoms with E-state index in [-0.39, 0.29) is 11.4 Å². The van der Waals surface area contributed by atoms with E-state index in [2.05, 4.69) is 22.8 Å². The van der Waals surface area contributed by atoms with E-state index in [1.54, 1.807) is 12.1 Å². The summed E-state index contributed by atoms with van der Waals surface area (Å²) in [4.78, 5) is 21.9. The van der Waals surface area contributed by atoms with Crippen molar-refractivity contribution in [2.24, 2.45) is 0 Å². The Morgan fingerprint density at radius 2 is 1.28 bits per heavy atom. The van der Waals surface area contributed by atoms with Crippen molar-refractivity contribution in [1.29, 1.82) is 0 Å². The van der Waals surface area contributed by atoms with E-state index >= 15 is 0 Å². The second-order valence-corrected chi connectivity index (χ2v) is 7.89. The van der Waals surface area contributed by atoms with Crippen molar-refractivity contribution in [2.45, 2.75) is 6.42 Å². The topological polar surface area (TPSA) is 91.2 Å². The second-order valence-electron chi connectivity index (χ2n) is 7.89. The zero-order valence-corrected chi connectivity index (χ0v) is 16.7. The van der Waals surface area contributed by atoms with Gasteiger partial charge in [0.25, 0.3) is 11.4 Å². The fraction of sp³-hybridized carbons (Fsp3) is 0.0400. The summed E-state index contributed by atoms with van der Waals surface area (Å²) in [7, 11) is 0. The van der Waals surface area contributed by atoms with Gasteiger partial charge in [-0.1, -0.05) is 36.4 Å². The molecule has 6 rings (SSSR count). The lowest BCUT2D eigenvalue weighted by molar-refractivity contribution is -0.385. The minimum Gasteiger partial charge on any atom is -0.309 e. The fourth-order valence-corrected chi connectivity index (χ4v) is 4.84. The molecule has 7 heteroatoms. The predicted molar refractivity (Wildman–Crippen MR) is 122 cm³/mol. The summed E-state index contributed by atoms with van der Waals surface area (Å²) in [5.41, 5.74) is 7.22. The molecule has 1 heterocycles. The number of fused-ring (bicyclic) bond motifs is 6. The summed E-state index contributed by atoms with van der Waals surface area (Å²) in [6, 6.07) is 23.8. The Morgan fingerprint density at radius 3 is 1.91 bits per heavy atom. The number of hydrogen-bond acceptors (Lipinski definition) is 4. The van der Waals surface area contributed by atoms with E-state index in [4.69, 9.17) is 0 Å². The predicted octanol–water partition coefficient (Wildman–Crippen LogP) is 6.17. The molecule has 154 valence electrons. The molecule has 32 heavy (non-hydrogen) atoms. The molecule has 0 bridgehead atoms. The molecule has 4 aromatic carbocycles. The Kier molecular flexibility index (Phi) is 3.70. The molecule has 0 saturated heterocycles. The lowest BCUT2D eigenvalue weighted by Crippen LogP contribution is -1.99. The molecule has 0 atom stereocenters. The first-order chi connectivity index (χ1) is 15.5. The standard InChI is InChI=1S/C25H15N3O4/c29-27(30)16-8-10-24-21(13-16)22-14-17(28(31)32)9-11-25(22)26(24)23-7-3-6-19-18-5-2-1-4-15(18)12-20(19)23/h1-11,13-14H,12H2. The highest BCUT2D eigenvalue weighted by molar-refractivity contribution is 6.11. The van der Waals surface area contributed by atoms with Crippen LogP contribution < -0.4 is 0 Å². The minimum atomic E-state index is -0.448. The van der Waals surface area contributed by atoms with Gasteiger partial charge in [-0.25, -0.2) is 0 Å². The molecule has 7 nitrogen and oxygen atoms in total. The van der Waals surface area contributed by atoms with Crippen LogP contribution in [0.4, 0.5) is 11.4 Å². The molecule has 1 aliphatic rings. The van der Waals surface area contributed by atoms with Crippen LogP contribution in [0.25, 0.3) is 38.6 Å². The van der Waals surface area contributed by atoms with Crippen LogP contribution in [-0.2, 0) is 6.42 Å². The van der Waals surface area contributed by atoms with Crippen molar-refractivity contribution in [1.82, 2.24) is 4.57 Å².